The molecule has 112 valence electrons. The van der Waals surface area contributed by atoms with Gasteiger partial charge >= 0.3 is 6.18 Å². The van der Waals surface area contributed by atoms with Gasteiger partial charge in [-0.15, -0.1) is 0 Å². The van der Waals surface area contributed by atoms with Crippen LogP contribution in [0.3, 0.4) is 0 Å². The highest BCUT2D eigenvalue weighted by Crippen LogP contribution is 2.39. The number of hydrogen-bond acceptors (Lipinski definition) is 3. The van der Waals surface area contributed by atoms with E-state index in [4.69, 9.17) is 5.73 Å². The van der Waals surface area contributed by atoms with Crippen LogP contribution < -0.4 is 10.6 Å². The van der Waals surface area contributed by atoms with Crippen molar-refractivity contribution in [3.63, 3.8) is 0 Å². The first kappa shape index (κ1) is 15.0. The van der Waals surface area contributed by atoms with Crippen molar-refractivity contribution in [3.8, 4) is 0 Å². The smallest absolute Gasteiger partial charge is 0.399 e. The number of aliphatic hydroxyl groups is 1. The highest BCUT2D eigenvalue weighted by molar-refractivity contribution is 5.60. The maximum Gasteiger partial charge on any atom is 0.418 e. The zero-order chi connectivity index (χ0) is 15.0. The fourth-order valence-electron chi connectivity index (χ4n) is 2.83. The standard InChI is InChI=1S/C14H19F3N2O/c1-19(9-13(20)6-2-3-7-13)12-5-4-10(18)8-11(12)14(15,16)17/h4-5,8,20H,2-3,6-7,9,18H2,1H3. The summed E-state index contributed by atoms with van der Waals surface area (Å²) in [6, 6.07) is 3.74. The van der Waals surface area contributed by atoms with Crippen LogP contribution in [0.5, 0.6) is 0 Å². The average Bonchev–Trinajstić information content (AvgIpc) is 2.74. The normalized spacial score (nSPS) is 18.2. The molecule has 0 radical (unpaired) electrons. The number of hydrogen-bond donors (Lipinski definition) is 2. The van der Waals surface area contributed by atoms with Crippen LogP contribution in [-0.4, -0.2) is 24.3 Å². The van der Waals surface area contributed by atoms with Crippen molar-refractivity contribution in [1.29, 1.82) is 0 Å². The van der Waals surface area contributed by atoms with Crippen molar-refractivity contribution in [2.75, 3.05) is 24.2 Å². The first-order valence-corrected chi connectivity index (χ1v) is 6.61. The van der Waals surface area contributed by atoms with Crippen LogP contribution in [-0.2, 0) is 6.18 Å². The second-order valence-corrected chi connectivity index (χ2v) is 5.56. The average molecular weight is 288 g/mol. The molecule has 0 bridgehead atoms. The van der Waals surface area contributed by atoms with E-state index in [1.807, 2.05) is 0 Å². The minimum absolute atomic E-state index is 0.0482. The second-order valence-electron chi connectivity index (χ2n) is 5.56. The van der Waals surface area contributed by atoms with Gasteiger partial charge in [0.2, 0.25) is 0 Å². The fraction of sp³-hybridized carbons (Fsp3) is 0.571. The topological polar surface area (TPSA) is 49.5 Å². The Hall–Kier alpha value is -1.43. The van der Waals surface area contributed by atoms with Crippen LogP contribution in [0, 0.1) is 0 Å². The van der Waals surface area contributed by atoms with Gasteiger partial charge in [0.15, 0.2) is 0 Å². The third-order valence-electron chi connectivity index (χ3n) is 3.80. The first-order chi connectivity index (χ1) is 9.21. The van der Waals surface area contributed by atoms with E-state index in [1.165, 1.54) is 17.0 Å². The quantitative estimate of drug-likeness (QED) is 0.841. The summed E-state index contributed by atoms with van der Waals surface area (Å²) in [7, 11) is 1.57. The Bertz CT molecular complexity index is 482. The van der Waals surface area contributed by atoms with E-state index in [9.17, 15) is 18.3 Å². The van der Waals surface area contributed by atoms with Crippen molar-refractivity contribution >= 4 is 11.4 Å². The van der Waals surface area contributed by atoms with Gasteiger partial charge < -0.3 is 15.7 Å². The van der Waals surface area contributed by atoms with Crippen molar-refractivity contribution in [1.82, 2.24) is 0 Å². The largest absolute Gasteiger partial charge is 0.418 e. The van der Waals surface area contributed by atoms with Crippen LogP contribution in [0.1, 0.15) is 31.2 Å². The van der Waals surface area contributed by atoms with Crippen LogP contribution >= 0.6 is 0 Å². The molecule has 0 unspecified atom stereocenters. The number of likely N-dealkylation sites (N-methyl/N-ethyl adjacent to an activating group) is 1. The van der Waals surface area contributed by atoms with Crippen LogP contribution in [0.2, 0.25) is 0 Å². The highest BCUT2D eigenvalue weighted by atomic mass is 19.4. The van der Waals surface area contributed by atoms with Gasteiger partial charge in [-0.1, -0.05) is 12.8 Å². The van der Waals surface area contributed by atoms with Gasteiger partial charge in [-0.05, 0) is 31.0 Å². The lowest BCUT2D eigenvalue weighted by Crippen LogP contribution is -2.39. The van der Waals surface area contributed by atoms with E-state index in [2.05, 4.69) is 0 Å². The Labute approximate surface area is 116 Å². The van der Waals surface area contributed by atoms with Crippen molar-refractivity contribution in [3.05, 3.63) is 23.8 Å². The summed E-state index contributed by atoms with van der Waals surface area (Å²) >= 11 is 0. The molecule has 0 saturated heterocycles. The third-order valence-corrected chi connectivity index (χ3v) is 3.80. The lowest BCUT2D eigenvalue weighted by atomic mass is 10.0. The molecule has 0 heterocycles. The van der Waals surface area contributed by atoms with Crippen molar-refractivity contribution in [2.45, 2.75) is 37.5 Å². The van der Waals surface area contributed by atoms with Crippen molar-refractivity contribution in [2.24, 2.45) is 0 Å². The number of anilines is 2. The Kier molecular flexibility index (Phi) is 3.86. The number of nitrogens with two attached hydrogens (primary N) is 1. The number of nitrogen functional groups attached to an aromatic ring is 1. The summed E-state index contributed by atoms with van der Waals surface area (Å²) in [4.78, 5) is 1.47. The predicted molar refractivity (Wildman–Crippen MR) is 72.5 cm³/mol. The Morgan fingerprint density at radius 1 is 1.30 bits per heavy atom. The van der Waals surface area contributed by atoms with E-state index in [0.717, 1.165) is 18.9 Å². The lowest BCUT2D eigenvalue weighted by molar-refractivity contribution is -0.137. The second kappa shape index (κ2) is 5.16. The number of rotatable bonds is 3. The van der Waals surface area contributed by atoms with Gasteiger partial charge in [0, 0.05) is 25.0 Å². The molecule has 0 aliphatic heterocycles. The summed E-state index contributed by atoms with van der Waals surface area (Å²) in [6.07, 6.45) is -1.37. The van der Waals surface area contributed by atoms with Gasteiger partial charge in [-0.25, -0.2) is 0 Å². The van der Waals surface area contributed by atoms with Crippen molar-refractivity contribution < 1.29 is 18.3 Å². The molecule has 1 aliphatic rings. The molecule has 0 spiro atoms. The number of benzene rings is 1. The monoisotopic (exact) mass is 288 g/mol. The molecule has 3 N–H and O–H groups in total. The molecule has 0 aromatic heterocycles. The summed E-state index contributed by atoms with van der Waals surface area (Å²) < 4.78 is 39.2. The molecular weight excluding hydrogens is 269 g/mol. The molecule has 1 saturated carbocycles. The zero-order valence-corrected chi connectivity index (χ0v) is 11.4. The first-order valence-electron chi connectivity index (χ1n) is 6.61. The summed E-state index contributed by atoms with van der Waals surface area (Å²) in [5.74, 6) is 0. The molecular formula is C14H19F3N2O. The molecule has 0 atom stereocenters. The van der Waals surface area contributed by atoms with Crippen LogP contribution in [0.4, 0.5) is 24.5 Å². The maximum absolute atomic E-state index is 13.1. The number of alkyl halides is 3. The molecule has 1 aliphatic carbocycles. The molecule has 0 amide bonds. The van der Waals surface area contributed by atoms with E-state index in [1.54, 1.807) is 7.05 Å². The molecule has 6 heteroatoms. The van der Waals surface area contributed by atoms with Crippen LogP contribution in [0.25, 0.3) is 0 Å². The SMILES string of the molecule is CN(CC1(O)CCCC1)c1ccc(N)cc1C(F)(F)F. The number of halogens is 3. The van der Waals surface area contributed by atoms with Gasteiger partial charge in [0.05, 0.1) is 11.2 Å². The lowest BCUT2D eigenvalue weighted by Gasteiger charge is -2.31. The Balaban J connectivity index is 2.27. The van der Waals surface area contributed by atoms with E-state index < -0.39 is 17.3 Å². The third kappa shape index (κ3) is 3.17. The van der Waals surface area contributed by atoms with Gasteiger partial charge in [0.1, 0.15) is 0 Å². The molecule has 3 nitrogen and oxygen atoms in total. The maximum atomic E-state index is 13.1. The Morgan fingerprint density at radius 2 is 1.90 bits per heavy atom. The number of nitrogens with zero attached hydrogens (tertiary/aromatic N) is 1. The molecule has 1 aromatic rings. The Morgan fingerprint density at radius 3 is 2.45 bits per heavy atom. The van der Waals surface area contributed by atoms with E-state index in [-0.39, 0.29) is 17.9 Å². The molecule has 1 fully saturated rings. The predicted octanol–water partition coefficient (Wildman–Crippen LogP) is 3.03. The molecule has 1 aromatic carbocycles. The van der Waals surface area contributed by atoms with Gasteiger partial charge in [-0.2, -0.15) is 13.2 Å². The van der Waals surface area contributed by atoms with E-state index in [0.29, 0.717) is 12.8 Å². The van der Waals surface area contributed by atoms with Crippen LogP contribution in [0.15, 0.2) is 18.2 Å². The summed E-state index contributed by atoms with van der Waals surface area (Å²) in [5.41, 5.74) is 3.92. The minimum Gasteiger partial charge on any atom is -0.399 e. The van der Waals surface area contributed by atoms with Gasteiger partial charge in [0.25, 0.3) is 0 Å². The highest BCUT2D eigenvalue weighted by Gasteiger charge is 2.37. The zero-order valence-electron chi connectivity index (χ0n) is 11.4. The minimum atomic E-state index is -4.46. The summed E-state index contributed by atoms with van der Waals surface area (Å²) in [6.45, 7) is 0.194. The fourth-order valence-corrected chi connectivity index (χ4v) is 2.83. The van der Waals surface area contributed by atoms with E-state index >= 15 is 0 Å². The van der Waals surface area contributed by atoms with Gasteiger partial charge in [-0.3, -0.25) is 0 Å². The molecule has 20 heavy (non-hydrogen) atoms. The molecule has 2 rings (SSSR count). The summed E-state index contributed by atoms with van der Waals surface area (Å²) in [5, 5.41) is 10.3.